The first-order valence-electron chi connectivity index (χ1n) is 4.63. The maximum absolute atomic E-state index is 11.6. The molecule has 0 bridgehead atoms. The molecule has 74 valence electrons. The van der Waals surface area contributed by atoms with Crippen molar-refractivity contribution in [2.45, 2.75) is 26.2 Å². The van der Waals surface area contributed by atoms with Gasteiger partial charge in [0.15, 0.2) is 0 Å². The molecule has 4 nitrogen and oxygen atoms in total. The minimum absolute atomic E-state index is 0.00940. The van der Waals surface area contributed by atoms with Crippen LogP contribution in [-0.4, -0.2) is 25.4 Å². The fourth-order valence-corrected chi connectivity index (χ4v) is 1.82. The van der Waals surface area contributed by atoms with Gasteiger partial charge in [0.05, 0.1) is 5.41 Å². The molecule has 1 aliphatic heterocycles. The predicted molar refractivity (Wildman–Crippen MR) is 49.0 cm³/mol. The van der Waals surface area contributed by atoms with Gasteiger partial charge in [-0.1, -0.05) is 6.92 Å². The first-order valence-corrected chi connectivity index (χ1v) is 4.63. The van der Waals surface area contributed by atoms with Crippen LogP contribution in [0.5, 0.6) is 0 Å². The van der Waals surface area contributed by atoms with Crippen molar-refractivity contribution in [3.8, 4) is 0 Å². The van der Waals surface area contributed by atoms with Crippen molar-refractivity contribution in [1.29, 1.82) is 0 Å². The number of carbonyl (C=O) groups is 2. The third-order valence-electron chi connectivity index (χ3n) is 2.81. The Morgan fingerprint density at radius 3 is 2.85 bits per heavy atom. The van der Waals surface area contributed by atoms with Crippen LogP contribution in [0.25, 0.3) is 0 Å². The molecule has 1 unspecified atom stereocenters. The smallest absolute Gasteiger partial charge is 0.226 e. The van der Waals surface area contributed by atoms with Gasteiger partial charge in [0, 0.05) is 20.0 Å². The highest BCUT2D eigenvalue weighted by molar-refractivity contribution is 5.89. The molecule has 0 aromatic carbocycles. The van der Waals surface area contributed by atoms with E-state index in [0.29, 0.717) is 13.0 Å². The third kappa shape index (κ3) is 1.82. The highest BCUT2D eigenvalue weighted by Crippen LogP contribution is 2.32. The van der Waals surface area contributed by atoms with E-state index >= 15 is 0 Å². The second-order valence-corrected chi connectivity index (χ2v) is 3.49. The summed E-state index contributed by atoms with van der Waals surface area (Å²) in [5.41, 5.74) is -0.461. The lowest BCUT2D eigenvalue weighted by Gasteiger charge is -2.33. The Hall–Kier alpha value is -1.06. The van der Waals surface area contributed by atoms with E-state index in [1.165, 1.54) is 0 Å². The van der Waals surface area contributed by atoms with Crippen molar-refractivity contribution in [3.63, 3.8) is 0 Å². The summed E-state index contributed by atoms with van der Waals surface area (Å²) < 4.78 is 0. The van der Waals surface area contributed by atoms with Crippen LogP contribution in [0.1, 0.15) is 26.2 Å². The number of rotatable bonds is 2. The van der Waals surface area contributed by atoms with Crippen LogP contribution < -0.4 is 10.6 Å². The molecule has 13 heavy (non-hydrogen) atoms. The molecule has 0 aliphatic carbocycles. The van der Waals surface area contributed by atoms with Gasteiger partial charge in [-0.15, -0.1) is 0 Å². The van der Waals surface area contributed by atoms with Crippen molar-refractivity contribution in [1.82, 2.24) is 10.6 Å². The number of hydrogen-bond donors (Lipinski definition) is 2. The molecular weight excluding hydrogens is 168 g/mol. The zero-order valence-electron chi connectivity index (χ0n) is 8.14. The van der Waals surface area contributed by atoms with E-state index in [2.05, 4.69) is 10.6 Å². The van der Waals surface area contributed by atoms with E-state index in [4.69, 9.17) is 0 Å². The van der Waals surface area contributed by atoms with Gasteiger partial charge in [-0.2, -0.15) is 0 Å². The Morgan fingerprint density at radius 2 is 2.38 bits per heavy atom. The molecule has 1 fully saturated rings. The summed E-state index contributed by atoms with van der Waals surface area (Å²) in [6.45, 7) is 2.56. The monoisotopic (exact) mass is 184 g/mol. The summed E-state index contributed by atoms with van der Waals surface area (Å²) in [6, 6.07) is 0. The van der Waals surface area contributed by atoms with E-state index < -0.39 is 5.41 Å². The summed E-state index contributed by atoms with van der Waals surface area (Å²) in [5.74, 6) is -0.0263. The SMILES string of the molecule is CCC1(C(=O)NC)CCNC(=O)C1. The first-order chi connectivity index (χ1) is 6.14. The quantitative estimate of drug-likeness (QED) is 0.636. The molecule has 0 spiro atoms. The highest BCUT2D eigenvalue weighted by atomic mass is 16.2. The van der Waals surface area contributed by atoms with E-state index in [-0.39, 0.29) is 11.8 Å². The third-order valence-corrected chi connectivity index (χ3v) is 2.81. The Morgan fingerprint density at radius 1 is 1.69 bits per heavy atom. The lowest BCUT2D eigenvalue weighted by atomic mass is 9.75. The fraction of sp³-hybridized carbons (Fsp3) is 0.778. The van der Waals surface area contributed by atoms with Crippen LogP contribution in [0.15, 0.2) is 0 Å². The second-order valence-electron chi connectivity index (χ2n) is 3.49. The number of hydrogen-bond acceptors (Lipinski definition) is 2. The van der Waals surface area contributed by atoms with Gasteiger partial charge in [0.1, 0.15) is 0 Å². The van der Waals surface area contributed by atoms with Crippen LogP contribution >= 0.6 is 0 Å². The Kier molecular flexibility index (Phi) is 2.90. The Bertz CT molecular complexity index is 228. The highest BCUT2D eigenvalue weighted by Gasteiger charge is 2.40. The lowest BCUT2D eigenvalue weighted by Crippen LogP contribution is -2.48. The standard InChI is InChI=1S/C9H16N2O2/c1-3-9(8(13)10-2)4-5-11-7(12)6-9/h3-6H2,1-2H3,(H,10,13)(H,11,12). The average molecular weight is 184 g/mol. The van der Waals surface area contributed by atoms with Gasteiger partial charge in [-0.05, 0) is 12.8 Å². The molecule has 2 N–H and O–H groups in total. The van der Waals surface area contributed by atoms with Gasteiger partial charge < -0.3 is 10.6 Å². The van der Waals surface area contributed by atoms with Crippen molar-refractivity contribution in [2.24, 2.45) is 5.41 Å². The maximum atomic E-state index is 11.6. The minimum atomic E-state index is -0.461. The molecular formula is C9H16N2O2. The molecule has 1 rings (SSSR count). The van der Waals surface area contributed by atoms with E-state index in [0.717, 1.165) is 12.8 Å². The molecule has 0 saturated carbocycles. The van der Waals surface area contributed by atoms with Crippen molar-refractivity contribution >= 4 is 11.8 Å². The molecule has 1 heterocycles. The van der Waals surface area contributed by atoms with E-state index in [9.17, 15) is 9.59 Å². The van der Waals surface area contributed by atoms with Crippen molar-refractivity contribution < 1.29 is 9.59 Å². The van der Waals surface area contributed by atoms with Crippen molar-refractivity contribution in [3.05, 3.63) is 0 Å². The summed E-state index contributed by atoms with van der Waals surface area (Å²) in [5, 5.41) is 5.36. The molecule has 0 aromatic rings. The van der Waals surface area contributed by atoms with E-state index in [1.54, 1.807) is 7.05 Å². The van der Waals surface area contributed by atoms with Crippen molar-refractivity contribution in [2.75, 3.05) is 13.6 Å². The van der Waals surface area contributed by atoms with Gasteiger partial charge in [-0.25, -0.2) is 0 Å². The number of nitrogens with one attached hydrogen (secondary N) is 2. The van der Waals surface area contributed by atoms with E-state index in [1.807, 2.05) is 6.92 Å². The topological polar surface area (TPSA) is 58.2 Å². The molecule has 1 saturated heterocycles. The van der Waals surface area contributed by atoms with Crippen LogP contribution in [0.2, 0.25) is 0 Å². The Balaban J connectivity index is 2.78. The molecule has 1 aliphatic rings. The largest absolute Gasteiger partial charge is 0.359 e. The first kappa shape index (κ1) is 10.0. The van der Waals surface area contributed by atoms with Crippen LogP contribution in [0.3, 0.4) is 0 Å². The molecule has 4 heteroatoms. The predicted octanol–water partition coefficient (Wildman–Crippen LogP) is 0.0388. The normalized spacial score (nSPS) is 28.0. The minimum Gasteiger partial charge on any atom is -0.359 e. The summed E-state index contributed by atoms with van der Waals surface area (Å²) in [7, 11) is 1.62. The summed E-state index contributed by atoms with van der Waals surface area (Å²) in [4.78, 5) is 22.7. The summed E-state index contributed by atoms with van der Waals surface area (Å²) in [6.07, 6.45) is 1.79. The van der Waals surface area contributed by atoms with Crippen LogP contribution in [0, 0.1) is 5.41 Å². The van der Waals surface area contributed by atoms with Crippen LogP contribution in [-0.2, 0) is 9.59 Å². The van der Waals surface area contributed by atoms with Gasteiger partial charge in [0.25, 0.3) is 0 Å². The molecule has 0 radical (unpaired) electrons. The maximum Gasteiger partial charge on any atom is 0.226 e. The zero-order chi connectivity index (χ0) is 9.90. The number of amides is 2. The fourth-order valence-electron chi connectivity index (χ4n) is 1.82. The Labute approximate surface area is 78.1 Å². The number of piperidine rings is 1. The van der Waals surface area contributed by atoms with Gasteiger partial charge in [-0.3, -0.25) is 9.59 Å². The second kappa shape index (κ2) is 3.77. The zero-order valence-corrected chi connectivity index (χ0v) is 8.14. The van der Waals surface area contributed by atoms with Crippen LogP contribution in [0.4, 0.5) is 0 Å². The lowest BCUT2D eigenvalue weighted by molar-refractivity contribution is -0.139. The molecule has 2 amide bonds. The van der Waals surface area contributed by atoms with Gasteiger partial charge >= 0.3 is 0 Å². The molecule has 0 aromatic heterocycles. The number of carbonyl (C=O) groups excluding carboxylic acids is 2. The average Bonchev–Trinajstić information content (AvgIpc) is 2.16. The van der Waals surface area contributed by atoms with Gasteiger partial charge in [0.2, 0.25) is 11.8 Å². The molecule has 1 atom stereocenters. The summed E-state index contributed by atoms with van der Waals surface area (Å²) >= 11 is 0.